The molecule has 2 N–H and O–H groups in total. The maximum atomic E-state index is 13.5. The number of benzene rings is 4. The largest absolute Gasteiger partial charge is 0.324 e. The van der Waals surface area contributed by atoms with E-state index in [0.717, 1.165) is 22.0 Å². The van der Waals surface area contributed by atoms with Gasteiger partial charge in [-0.3, -0.25) is 14.4 Å². The van der Waals surface area contributed by atoms with Crippen molar-refractivity contribution in [3.8, 4) is 0 Å². The Kier molecular flexibility index (Phi) is 8.28. The predicted molar refractivity (Wildman–Crippen MR) is 157 cm³/mol. The number of rotatable bonds is 8. The van der Waals surface area contributed by atoms with Gasteiger partial charge in [-0.25, -0.2) is 12.8 Å². The number of anilines is 2. The summed E-state index contributed by atoms with van der Waals surface area (Å²) in [6.45, 7) is 1.98. The van der Waals surface area contributed by atoms with Gasteiger partial charge in [-0.05, 0) is 68.3 Å². The molecule has 42 heavy (non-hydrogen) atoms. The van der Waals surface area contributed by atoms with Crippen molar-refractivity contribution in [1.29, 1.82) is 0 Å². The maximum Gasteiger partial charge on any atom is 0.257 e. The van der Waals surface area contributed by atoms with Gasteiger partial charge in [0.2, 0.25) is 15.9 Å². The van der Waals surface area contributed by atoms with Gasteiger partial charge in [-0.1, -0.05) is 54.1 Å². The van der Waals surface area contributed by atoms with Crippen LogP contribution in [0.3, 0.4) is 0 Å². The van der Waals surface area contributed by atoms with Gasteiger partial charge in [0, 0.05) is 17.7 Å². The third-order valence-electron chi connectivity index (χ3n) is 7.06. The maximum absolute atomic E-state index is 13.5. The first-order valence-electron chi connectivity index (χ1n) is 13.3. The molecule has 5 rings (SSSR count). The smallest absolute Gasteiger partial charge is 0.257 e. The first kappa shape index (κ1) is 28.8. The highest BCUT2D eigenvalue weighted by molar-refractivity contribution is 7.89. The second-order valence-electron chi connectivity index (χ2n) is 9.96. The van der Waals surface area contributed by atoms with Crippen molar-refractivity contribution < 1.29 is 27.2 Å². The molecule has 0 aromatic heterocycles. The number of carbonyl (C=O) groups is 3. The third kappa shape index (κ3) is 6.00. The molecule has 1 unspecified atom stereocenters. The fourth-order valence-corrected chi connectivity index (χ4v) is 6.58. The molecule has 214 valence electrons. The molecule has 1 heterocycles. The van der Waals surface area contributed by atoms with E-state index in [9.17, 15) is 27.2 Å². The summed E-state index contributed by atoms with van der Waals surface area (Å²) in [5.41, 5.74) is 2.28. The van der Waals surface area contributed by atoms with Crippen LogP contribution in [0.4, 0.5) is 15.8 Å². The van der Waals surface area contributed by atoms with E-state index in [4.69, 9.17) is 0 Å². The van der Waals surface area contributed by atoms with E-state index in [-0.39, 0.29) is 34.9 Å². The average Bonchev–Trinajstić information content (AvgIpc) is 3.50. The third-order valence-corrected chi connectivity index (χ3v) is 8.98. The molecule has 1 aliphatic heterocycles. The normalized spacial score (nSPS) is 15.2. The quantitative estimate of drug-likeness (QED) is 0.269. The molecule has 1 saturated heterocycles. The zero-order chi connectivity index (χ0) is 29.9. The zero-order valence-corrected chi connectivity index (χ0v) is 23.5. The van der Waals surface area contributed by atoms with Crippen LogP contribution in [0.2, 0.25) is 0 Å². The van der Waals surface area contributed by atoms with Crippen molar-refractivity contribution in [2.75, 3.05) is 17.2 Å². The topological polar surface area (TPSA) is 113 Å². The van der Waals surface area contributed by atoms with Crippen molar-refractivity contribution in [3.63, 3.8) is 0 Å². The molecule has 4 aromatic carbocycles. The molecule has 0 radical (unpaired) electrons. The van der Waals surface area contributed by atoms with Crippen molar-refractivity contribution in [2.45, 2.75) is 30.7 Å². The SMILES string of the molecule is Cc1ccc(NC(=O)c2ccccc2NC(=O)C2CCCN2S(=O)(=O)c2ccc(F)cc2)c(C(=O)c2ccccc2)c1. The van der Waals surface area contributed by atoms with Crippen LogP contribution in [-0.2, 0) is 14.8 Å². The summed E-state index contributed by atoms with van der Waals surface area (Å²) < 4.78 is 41.0. The van der Waals surface area contributed by atoms with Crippen LogP contribution in [0.25, 0.3) is 0 Å². The number of aryl methyl sites for hydroxylation is 1. The summed E-state index contributed by atoms with van der Waals surface area (Å²) in [6, 6.07) is 23.6. The first-order valence-corrected chi connectivity index (χ1v) is 14.8. The van der Waals surface area contributed by atoms with E-state index in [1.165, 1.54) is 18.2 Å². The highest BCUT2D eigenvalue weighted by Crippen LogP contribution is 2.28. The van der Waals surface area contributed by atoms with Gasteiger partial charge in [-0.15, -0.1) is 0 Å². The lowest BCUT2D eigenvalue weighted by Crippen LogP contribution is -2.43. The van der Waals surface area contributed by atoms with Gasteiger partial charge in [0.25, 0.3) is 5.91 Å². The van der Waals surface area contributed by atoms with Crippen LogP contribution < -0.4 is 10.6 Å². The fourth-order valence-electron chi connectivity index (χ4n) is 4.93. The molecular formula is C32H28FN3O5S. The van der Waals surface area contributed by atoms with E-state index in [2.05, 4.69) is 10.6 Å². The van der Waals surface area contributed by atoms with Crippen LogP contribution in [0.1, 0.15) is 44.7 Å². The number of amides is 2. The standard InChI is InChI=1S/C32H28FN3O5S/c1-21-13-18-28(26(20-21)30(37)22-8-3-2-4-9-22)34-31(38)25-10-5-6-11-27(25)35-32(39)29-12-7-19-36(29)42(40,41)24-16-14-23(33)15-17-24/h2-6,8-11,13-18,20,29H,7,12,19H2,1H3,(H,34,38)(H,35,39). The van der Waals surface area contributed by atoms with Crippen LogP contribution >= 0.6 is 0 Å². The second kappa shape index (κ2) is 12.1. The van der Waals surface area contributed by atoms with Gasteiger partial charge < -0.3 is 10.6 Å². The number of carbonyl (C=O) groups excluding carboxylic acids is 3. The Morgan fingerprint density at radius 1 is 0.810 bits per heavy atom. The van der Waals surface area contributed by atoms with Crippen LogP contribution in [0.5, 0.6) is 0 Å². The number of hydrogen-bond acceptors (Lipinski definition) is 5. The molecule has 8 nitrogen and oxygen atoms in total. The Hall–Kier alpha value is -4.67. The first-order chi connectivity index (χ1) is 20.1. The minimum Gasteiger partial charge on any atom is -0.324 e. The molecule has 0 aliphatic carbocycles. The zero-order valence-electron chi connectivity index (χ0n) is 22.7. The average molecular weight is 586 g/mol. The molecule has 0 spiro atoms. The lowest BCUT2D eigenvalue weighted by molar-refractivity contribution is -0.119. The second-order valence-corrected chi connectivity index (χ2v) is 11.9. The lowest BCUT2D eigenvalue weighted by atomic mass is 9.99. The fraction of sp³-hybridized carbons (Fsp3) is 0.156. The van der Waals surface area contributed by atoms with Crippen molar-refractivity contribution in [1.82, 2.24) is 4.31 Å². The predicted octanol–water partition coefficient (Wildman–Crippen LogP) is 5.41. The number of nitrogens with zero attached hydrogens (tertiary/aromatic N) is 1. The number of sulfonamides is 1. The Balaban J connectivity index is 1.37. The number of nitrogens with one attached hydrogen (secondary N) is 2. The van der Waals surface area contributed by atoms with Crippen molar-refractivity contribution in [3.05, 3.63) is 125 Å². The number of halogens is 1. The van der Waals surface area contributed by atoms with E-state index in [1.54, 1.807) is 60.7 Å². The van der Waals surface area contributed by atoms with E-state index < -0.39 is 33.7 Å². The molecule has 2 amide bonds. The summed E-state index contributed by atoms with van der Waals surface area (Å²) in [5, 5.41) is 5.52. The number of hydrogen-bond donors (Lipinski definition) is 2. The van der Waals surface area contributed by atoms with E-state index in [1.807, 2.05) is 13.0 Å². The van der Waals surface area contributed by atoms with Crippen molar-refractivity contribution in [2.24, 2.45) is 0 Å². The molecule has 1 fully saturated rings. The summed E-state index contributed by atoms with van der Waals surface area (Å²) >= 11 is 0. The van der Waals surface area contributed by atoms with Crippen LogP contribution in [0.15, 0.2) is 102 Å². The number of para-hydroxylation sites is 1. The molecule has 0 saturated carbocycles. The highest BCUT2D eigenvalue weighted by Gasteiger charge is 2.39. The minimum absolute atomic E-state index is 0.109. The van der Waals surface area contributed by atoms with E-state index >= 15 is 0 Å². The summed E-state index contributed by atoms with van der Waals surface area (Å²) in [5.74, 6) is -1.96. The Morgan fingerprint density at radius 3 is 2.21 bits per heavy atom. The molecule has 1 aliphatic rings. The molecule has 0 bridgehead atoms. The van der Waals surface area contributed by atoms with Crippen LogP contribution in [-0.4, -0.2) is 42.9 Å². The Morgan fingerprint density at radius 2 is 1.48 bits per heavy atom. The number of ketones is 1. The van der Waals surface area contributed by atoms with Gasteiger partial charge in [-0.2, -0.15) is 4.31 Å². The minimum atomic E-state index is -4.05. The van der Waals surface area contributed by atoms with Gasteiger partial charge >= 0.3 is 0 Å². The monoisotopic (exact) mass is 585 g/mol. The Bertz CT molecular complexity index is 1760. The summed E-state index contributed by atoms with van der Waals surface area (Å²) in [4.78, 5) is 40.0. The lowest BCUT2D eigenvalue weighted by Gasteiger charge is -2.24. The van der Waals surface area contributed by atoms with Crippen molar-refractivity contribution >= 4 is 39.0 Å². The Labute approximate surface area is 243 Å². The van der Waals surface area contributed by atoms with Crippen LogP contribution in [0, 0.1) is 12.7 Å². The molecule has 1 atom stereocenters. The van der Waals surface area contributed by atoms with Gasteiger partial charge in [0.15, 0.2) is 5.78 Å². The van der Waals surface area contributed by atoms with Gasteiger partial charge in [0.1, 0.15) is 11.9 Å². The molecule has 4 aromatic rings. The molecule has 10 heteroatoms. The molecular weight excluding hydrogens is 557 g/mol. The van der Waals surface area contributed by atoms with E-state index in [0.29, 0.717) is 23.2 Å². The summed E-state index contributed by atoms with van der Waals surface area (Å²) in [6.07, 6.45) is 0.751. The summed E-state index contributed by atoms with van der Waals surface area (Å²) in [7, 11) is -4.05. The highest BCUT2D eigenvalue weighted by atomic mass is 32.2. The van der Waals surface area contributed by atoms with Gasteiger partial charge in [0.05, 0.1) is 21.8 Å².